The monoisotopic (exact) mass is 380 g/mol. The third-order valence-electron chi connectivity index (χ3n) is 4.12. The Balaban J connectivity index is 1.60. The lowest BCUT2D eigenvalue weighted by Crippen LogP contribution is -2.34. The molecule has 0 fully saturated rings. The molecule has 2 aromatic heterocycles. The van der Waals surface area contributed by atoms with Crippen molar-refractivity contribution in [2.45, 2.75) is 20.0 Å². The number of aryl methyl sites for hydroxylation is 1. The molecule has 3 aromatic rings. The molecule has 1 aromatic carbocycles. The number of aromatic nitrogens is 2. The predicted octanol–water partition coefficient (Wildman–Crippen LogP) is 3.49. The summed E-state index contributed by atoms with van der Waals surface area (Å²) in [4.78, 5) is 33.5. The second kappa shape index (κ2) is 6.81. The van der Waals surface area contributed by atoms with Gasteiger partial charge in [-0.1, -0.05) is 0 Å². The van der Waals surface area contributed by atoms with Crippen molar-refractivity contribution in [2.24, 2.45) is 0 Å². The van der Waals surface area contributed by atoms with E-state index >= 15 is 0 Å². The van der Waals surface area contributed by atoms with Crippen molar-refractivity contribution in [2.75, 3.05) is 10.6 Å². The molecule has 0 bridgehead atoms. The molecular formula is C19H16N4O3S. The molecule has 0 radical (unpaired) electrons. The summed E-state index contributed by atoms with van der Waals surface area (Å²) in [6.45, 7) is 3.64. The number of thiazole rings is 1. The first-order valence-corrected chi connectivity index (χ1v) is 9.13. The van der Waals surface area contributed by atoms with E-state index in [1.807, 2.05) is 25.1 Å². The second-order valence-corrected chi connectivity index (χ2v) is 7.28. The van der Waals surface area contributed by atoms with Gasteiger partial charge in [0, 0.05) is 22.8 Å². The van der Waals surface area contributed by atoms with Crippen LogP contribution in [-0.4, -0.2) is 27.9 Å². The smallest absolute Gasteiger partial charge is 0.265 e. The van der Waals surface area contributed by atoms with Gasteiger partial charge >= 0.3 is 0 Å². The molecule has 1 atom stereocenters. The largest absolute Gasteiger partial charge is 0.479 e. The maximum atomic E-state index is 12.3. The zero-order valence-electron chi connectivity index (χ0n) is 14.6. The highest BCUT2D eigenvalue weighted by Crippen LogP contribution is 2.37. The lowest BCUT2D eigenvalue weighted by Gasteiger charge is -2.23. The van der Waals surface area contributed by atoms with Crippen LogP contribution in [0.2, 0.25) is 0 Å². The number of pyridine rings is 1. The number of nitrogens with zero attached hydrogens (tertiary/aromatic N) is 2. The van der Waals surface area contributed by atoms with E-state index in [4.69, 9.17) is 4.74 Å². The number of amides is 2. The number of rotatable bonds is 3. The lowest BCUT2D eigenvalue weighted by molar-refractivity contribution is -0.122. The van der Waals surface area contributed by atoms with Gasteiger partial charge in [0.15, 0.2) is 11.2 Å². The first-order chi connectivity index (χ1) is 13.0. The molecule has 0 aliphatic carbocycles. The minimum absolute atomic E-state index is 0.181. The van der Waals surface area contributed by atoms with Gasteiger partial charge in [0.1, 0.15) is 5.75 Å². The third kappa shape index (κ3) is 3.39. The quantitative estimate of drug-likeness (QED) is 0.726. The van der Waals surface area contributed by atoms with Crippen LogP contribution in [0, 0.1) is 6.92 Å². The van der Waals surface area contributed by atoms with E-state index in [2.05, 4.69) is 20.6 Å². The van der Waals surface area contributed by atoms with Gasteiger partial charge in [-0.25, -0.2) is 4.98 Å². The number of carbonyl (C=O) groups is 2. The number of hydrogen-bond donors (Lipinski definition) is 2. The van der Waals surface area contributed by atoms with Gasteiger partial charge in [-0.3, -0.25) is 19.9 Å². The fourth-order valence-electron chi connectivity index (χ4n) is 2.74. The van der Waals surface area contributed by atoms with Crippen LogP contribution in [0.5, 0.6) is 5.75 Å². The van der Waals surface area contributed by atoms with Gasteiger partial charge in [0.2, 0.25) is 0 Å². The van der Waals surface area contributed by atoms with Gasteiger partial charge in [-0.15, -0.1) is 11.3 Å². The van der Waals surface area contributed by atoms with Crippen molar-refractivity contribution >= 4 is 34.0 Å². The van der Waals surface area contributed by atoms with Crippen LogP contribution in [0.15, 0.2) is 42.7 Å². The Morgan fingerprint density at radius 1 is 1.33 bits per heavy atom. The van der Waals surface area contributed by atoms with Gasteiger partial charge in [0.05, 0.1) is 16.9 Å². The normalized spacial score (nSPS) is 15.5. The molecule has 0 saturated heterocycles. The Hall–Kier alpha value is -3.26. The summed E-state index contributed by atoms with van der Waals surface area (Å²) >= 11 is 1.39. The Labute approximate surface area is 159 Å². The molecule has 1 aliphatic rings. The van der Waals surface area contributed by atoms with E-state index < -0.39 is 6.10 Å². The minimum atomic E-state index is -0.515. The summed E-state index contributed by atoms with van der Waals surface area (Å²) in [6, 6.07) is 8.92. The Morgan fingerprint density at radius 2 is 2.19 bits per heavy atom. The van der Waals surface area contributed by atoms with Crippen LogP contribution >= 0.6 is 11.3 Å². The summed E-state index contributed by atoms with van der Waals surface area (Å²) in [5.41, 5.74) is 2.67. The molecule has 2 N–H and O–H groups in total. The first-order valence-electron chi connectivity index (χ1n) is 8.32. The minimum Gasteiger partial charge on any atom is -0.479 e. The summed E-state index contributed by atoms with van der Waals surface area (Å²) < 4.78 is 5.58. The van der Waals surface area contributed by atoms with E-state index in [9.17, 15) is 9.59 Å². The number of carbonyl (C=O) groups excluding carboxylic acids is 2. The summed E-state index contributed by atoms with van der Waals surface area (Å²) in [6.07, 6.45) is 2.60. The van der Waals surface area contributed by atoms with Crippen molar-refractivity contribution in [3.05, 3.63) is 53.2 Å². The maximum absolute atomic E-state index is 12.3. The Kier molecular flexibility index (Phi) is 4.33. The molecule has 0 unspecified atom stereocenters. The molecule has 136 valence electrons. The fourth-order valence-corrected chi connectivity index (χ4v) is 3.57. The molecule has 1 aliphatic heterocycles. The molecule has 27 heavy (non-hydrogen) atoms. The van der Waals surface area contributed by atoms with Crippen LogP contribution in [0.3, 0.4) is 0 Å². The highest BCUT2D eigenvalue weighted by atomic mass is 32.1. The lowest BCUT2D eigenvalue weighted by atomic mass is 10.1. The van der Waals surface area contributed by atoms with Crippen molar-refractivity contribution < 1.29 is 14.3 Å². The molecule has 8 heteroatoms. The van der Waals surface area contributed by atoms with Gasteiger partial charge < -0.3 is 10.1 Å². The van der Waals surface area contributed by atoms with E-state index in [0.29, 0.717) is 22.1 Å². The van der Waals surface area contributed by atoms with Crippen LogP contribution in [0.4, 0.5) is 10.8 Å². The van der Waals surface area contributed by atoms with E-state index in [1.54, 1.807) is 25.3 Å². The molecule has 0 spiro atoms. The van der Waals surface area contributed by atoms with Crippen LogP contribution in [0.1, 0.15) is 22.2 Å². The molecule has 4 rings (SSSR count). The van der Waals surface area contributed by atoms with Crippen molar-refractivity contribution in [1.29, 1.82) is 0 Å². The van der Waals surface area contributed by atoms with Gasteiger partial charge in [0.25, 0.3) is 11.8 Å². The van der Waals surface area contributed by atoms with Crippen LogP contribution in [0.25, 0.3) is 11.3 Å². The fraction of sp³-hybridized carbons (Fsp3) is 0.158. The SMILES string of the molecule is Cc1sc(NC(=O)c2cccnc2)nc1-c1ccc2c(c1)NC(=O)[C@@H](C)O2. The zero-order chi connectivity index (χ0) is 19.0. The van der Waals surface area contributed by atoms with Crippen LogP contribution in [-0.2, 0) is 4.79 Å². The molecule has 2 amide bonds. The van der Waals surface area contributed by atoms with Crippen LogP contribution < -0.4 is 15.4 Å². The van der Waals surface area contributed by atoms with E-state index in [1.165, 1.54) is 17.5 Å². The number of hydrogen-bond acceptors (Lipinski definition) is 6. The molecule has 3 heterocycles. The number of fused-ring (bicyclic) bond motifs is 1. The van der Waals surface area contributed by atoms with Gasteiger partial charge in [-0.05, 0) is 44.2 Å². The zero-order valence-corrected chi connectivity index (χ0v) is 15.5. The van der Waals surface area contributed by atoms with Crippen molar-refractivity contribution in [1.82, 2.24) is 9.97 Å². The standard InChI is InChI=1S/C19H16N4O3S/c1-10-17(24)21-14-8-12(5-6-15(14)26-10)16-11(2)27-19(22-16)23-18(25)13-4-3-7-20-9-13/h3-10H,1-2H3,(H,21,24)(H,22,23,25)/t10-/m1/s1. The molecule has 7 nitrogen and oxygen atoms in total. The molecular weight excluding hydrogens is 364 g/mol. The highest BCUT2D eigenvalue weighted by Gasteiger charge is 2.24. The van der Waals surface area contributed by atoms with Crippen molar-refractivity contribution in [3.8, 4) is 17.0 Å². The number of benzene rings is 1. The van der Waals surface area contributed by atoms with Gasteiger partial charge in [-0.2, -0.15) is 0 Å². The number of ether oxygens (including phenoxy) is 1. The summed E-state index contributed by atoms with van der Waals surface area (Å²) in [5, 5.41) is 6.14. The number of nitrogens with one attached hydrogen (secondary N) is 2. The van der Waals surface area contributed by atoms with Crippen molar-refractivity contribution in [3.63, 3.8) is 0 Å². The Bertz CT molecular complexity index is 1030. The second-order valence-electron chi connectivity index (χ2n) is 6.08. The summed E-state index contributed by atoms with van der Waals surface area (Å²) in [5.74, 6) is 0.186. The highest BCUT2D eigenvalue weighted by molar-refractivity contribution is 7.16. The van der Waals surface area contributed by atoms with E-state index in [0.717, 1.165) is 16.1 Å². The average molecular weight is 380 g/mol. The topological polar surface area (TPSA) is 93.2 Å². The average Bonchev–Trinajstić information content (AvgIpc) is 3.03. The maximum Gasteiger partial charge on any atom is 0.265 e. The molecule has 0 saturated carbocycles. The van der Waals surface area contributed by atoms with E-state index in [-0.39, 0.29) is 11.8 Å². The number of anilines is 2. The summed E-state index contributed by atoms with van der Waals surface area (Å²) in [7, 11) is 0. The third-order valence-corrected chi connectivity index (χ3v) is 5.01. The first kappa shape index (κ1) is 17.2. The predicted molar refractivity (Wildman–Crippen MR) is 103 cm³/mol. The Morgan fingerprint density at radius 3 is 2.96 bits per heavy atom.